The Kier molecular flexibility index (Phi) is 16.7. The molecule has 0 saturated carbocycles. The molecule has 3 aromatic rings. The van der Waals surface area contributed by atoms with Crippen LogP contribution in [0.3, 0.4) is 0 Å². The van der Waals surface area contributed by atoms with Crippen LogP contribution in [0, 0.1) is 0 Å². The minimum atomic E-state index is 0.0104. The smallest absolute Gasteiger partial charge is 0.247 e. The summed E-state index contributed by atoms with van der Waals surface area (Å²) in [5, 5.41) is 0. The van der Waals surface area contributed by atoms with Crippen molar-refractivity contribution in [3.05, 3.63) is 90.0 Å². The highest BCUT2D eigenvalue weighted by atomic mass is 15.1. The number of H-pyrrole nitrogens is 1. The van der Waals surface area contributed by atoms with E-state index in [1.165, 1.54) is 133 Å². The summed E-state index contributed by atoms with van der Waals surface area (Å²) in [5.41, 5.74) is 2.90. The second-order valence-electron chi connectivity index (χ2n) is 13.1. The number of hydrogen-bond donors (Lipinski definition) is 1. The molecule has 2 aromatic carbocycles. The molecule has 1 aromatic heterocycles. The van der Waals surface area contributed by atoms with Crippen LogP contribution in [0.5, 0.6) is 0 Å². The van der Waals surface area contributed by atoms with Gasteiger partial charge in [-0.2, -0.15) is 0 Å². The second-order valence-corrected chi connectivity index (χ2v) is 13.1. The number of aryl methyl sites for hydroxylation is 1. The van der Waals surface area contributed by atoms with Crippen molar-refractivity contribution in [1.29, 1.82) is 0 Å². The number of aromatic amines is 1. The van der Waals surface area contributed by atoms with Crippen molar-refractivity contribution >= 4 is 0 Å². The number of nitrogens with one attached hydrogen (secondary N) is 1. The van der Waals surface area contributed by atoms with Gasteiger partial charge in [0.1, 0.15) is 12.4 Å². The fraction of sp³-hybridized carbons (Fsp3) is 0.625. The van der Waals surface area contributed by atoms with Crippen LogP contribution in [-0.2, 0) is 18.4 Å². The molecule has 0 spiro atoms. The van der Waals surface area contributed by atoms with Gasteiger partial charge in [0.15, 0.2) is 0 Å². The Hall–Kier alpha value is -2.35. The minimum Gasteiger partial charge on any atom is -0.247 e. The fourth-order valence-electron chi connectivity index (χ4n) is 6.97. The zero-order chi connectivity index (χ0) is 29.7. The van der Waals surface area contributed by atoms with Crippen LogP contribution in [0.2, 0.25) is 0 Å². The first kappa shape index (κ1) is 34.1. The third-order valence-corrected chi connectivity index (χ3v) is 9.59. The van der Waals surface area contributed by atoms with Crippen molar-refractivity contribution in [3.8, 4) is 0 Å². The predicted octanol–water partition coefficient (Wildman–Crippen LogP) is 11.6. The maximum atomic E-state index is 3.78. The summed E-state index contributed by atoms with van der Waals surface area (Å²) >= 11 is 0. The fourth-order valence-corrected chi connectivity index (χ4v) is 6.97. The van der Waals surface area contributed by atoms with Crippen molar-refractivity contribution in [2.24, 2.45) is 0 Å². The van der Waals surface area contributed by atoms with Gasteiger partial charge in [-0.05, 0) is 36.8 Å². The molecular weight excluding hydrogens is 508 g/mol. The van der Waals surface area contributed by atoms with Gasteiger partial charge in [0.2, 0.25) is 0 Å². The Bertz CT molecular complexity index is 1040. The first-order chi connectivity index (χ1) is 20.7. The molecule has 1 heterocycles. The zero-order valence-corrected chi connectivity index (χ0v) is 27.6. The van der Waals surface area contributed by atoms with E-state index >= 15 is 0 Å². The third kappa shape index (κ3) is 11.7. The zero-order valence-electron chi connectivity index (χ0n) is 27.6. The first-order valence-corrected chi connectivity index (χ1v) is 17.8. The normalized spacial score (nSPS) is 13.7. The standard InChI is InChI=1S/C40H62N2/c1-4-6-8-10-11-12-13-14-15-16-18-26-33-42-34-32-41-39(42)38(31-25-17-9-7-5-2)40(3,37-29-23-20-24-30-37)35-36-27-21-19-22-28-36/h19-24,27-30,32,34,38H,4-18,25-26,31,33,35H2,1-3H3/p+1. The van der Waals surface area contributed by atoms with E-state index in [-0.39, 0.29) is 5.41 Å². The lowest BCUT2D eigenvalue weighted by Crippen LogP contribution is -2.43. The summed E-state index contributed by atoms with van der Waals surface area (Å²) in [4.78, 5) is 3.78. The molecule has 2 atom stereocenters. The number of benzene rings is 2. The van der Waals surface area contributed by atoms with Crippen LogP contribution in [0.1, 0.15) is 159 Å². The van der Waals surface area contributed by atoms with E-state index in [1.54, 1.807) is 0 Å². The van der Waals surface area contributed by atoms with Crippen molar-refractivity contribution in [3.63, 3.8) is 0 Å². The van der Waals surface area contributed by atoms with Gasteiger partial charge in [-0.15, -0.1) is 0 Å². The van der Waals surface area contributed by atoms with Crippen LogP contribution in [-0.4, -0.2) is 4.98 Å². The molecule has 0 aliphatic rings. The van der Waals surface area contributed by atoms with E-state index in [0.717, 1.165) is 13.0 Å². The Morgan fingerprint density at radius 2 is 1.12 bits per heavy atom. The molecule has 0 fully saturated rings. The Labute approximate surface area is 259 Å². The van der Waals surface area contributed by atoms with Gasteiger partial charge in [-0.3, -0.25) is 0 Å². The summed E-state index contributed by atoms with van der Waals surface area (Å²) in [6.45, 7) is 8.27. The molecule has 2 nitrogen and oxygen atoms in total. The van der Waals surface area contributed by atoms with Gasteiger partial charge in [-0.1, -0.05) is 178 Å². The van der Waals surface area contributed by atoms with E-state index in [0.29, 0.717) is 5.92 Å². The van der Waals surface area contributed by atoms with Crippen molar-refractivity contribution in [2.75, 3.05) is 0 Å². The number of nitrogens with zero attached hydrogens (tertiary/aromatic N) is 1. The van der Waals surface area contributed by atoms with E-state index in [4.69, 9.17) is 0 Å². The molecule has 42 heavy (non-hydrogen) atoms. The van der Waals surface area contributed by atoms with Crippen LogP contribution in [0.25, 0.3) is 0 Å². The average Bonchev–Trinajstić information content (AvgIpc) is 3.48. The molecule has 3 rings (SSSR count). The molecule has 0 radical (unpaired) electrons. The van der Waals surface area contributed by atoms with Gasteiger partial charge >= 0.3 is 0 Å². The topological polar surface area (TPSA) is 19.7 Å². The third-order valence-electron chi connectivity index (χ3n) is 9.59. The summed E-state index contributed by atoms with van der Waals surface area (Å²) < 4.78 is 2.57. The van der Waals surface area contributed by atoms with Crippen LogP contribution < -0.4 is 4.57 Å². The molecule has 0 saturated heterocycles. The van der Waals surface area contributed by atoms with Crippen LogP contribution >= 0.6 is 0 Å². The molecule has 232 valence electrons. The van der Waals surface area contributed by atoms with Crippen molar-refractivity contribution < 1.29 is 4.57 Å². The lowest BCUT2D eigenvalue weighted by Gasteiger charge is -2.37. The summed E-state index contributed by atoms with van der Waals surface area (Å²) in [7, 11) is 0. The SMILES string of the molecule is CCCCCCCCCCCCCC[n+]1cc[nH]c1C(CCCCCCC)C(C)(Cc1ccccc1)c1ccccc1. The summed E-state index contributed by atoms with van der Waals surface area (Å²) in [6.07, 6.45) is 30.2. The maximum Gasteiger partial charge on any atom is 0.258 e. The molecule has 0 amide bonds. The molecule has 2 unspecified atom stereocenters. The van der Waals surface area contributed by atoms with Crippen LogP contribution in [0.4, 0.5) is 0 Å². The lowest BCUT2D eigenvalue weighted by molar-refractivity contribution is -0.705. The van der Waals surface area contributed by atoms with Crippen molar-refractivity contribution in [2.45, 2.75) is 161 Å². The van der Waals surface area contributed by atoms with E-state index in [9.17, 15) is 0 Å². The monoisotopic (exact) mass is 571 g/mol. The first-order valence-electron chi connectivity index (χ1n) is 17.8. The van der Waals surface area contributed by atoms with Crippen molar-refractivity contribution in [1.82, 2.24) is 4.98 Å². The molecule has 1 N–H and O–H groups in total. The van der Waals surface area contributed by atoms with E-state index in [1.807, 2.05) is 0 Å². The van der Waals surface area contributed by atoms with Gasteiger partial charge in [-0.25, -0.2) is 9.55 Å². The molecular formula is C40H63N2+. The van der Waals surface area contributed by atoms with E-state index in [2.05, 4.69) is 103 Å². The summed E-state index contributed by atoms with van der Waals surface area (Å²) in [6, 6.07) is 22.5. The number of unbranched alkanes of at least 4 members (excludes halogenated alkanes) is 15. The second kappa shape index (κ2) is 20.5. The summed E-state index contributed by atoms with van der Waals surface area (Å²) in [5.74, 6) is 1.87. The number of imidazole rings is 1. The Balaban J connectivity index is 1.64. The number of hydrogen-bond acceptors (Lipinski definition) is 0. The molecule has 0 aliphatic carbocycles. The largest absolute Gasteiger partial charge is 0.258 e. The Morgan fingerprint density at radius 1 is 0.619 bits per heavy atom. The van der Waals surface area contributed by atoms with Gasteiger partial charge < -0.3 is 0 Å². The lowest BCUT2D eigenvalue weighted by atomic mass is 9.66. The Morgan fingerprint density at radius 3 is 1.69 bits per heavy atom. The number of rotatable bonds is 24. The average molecular weight is 572 g/mol. The van der Waals surface area contributed by atoms with Gasteiger partial charge in [0, 0.05) is 5.41 Å². The highest BCUT2D eigenvalue weighted by Crippen LogP contribution is 2.43. The van der Waals surface area contributed by atoms with Gasteiger partial charge in [0.25, 0.3) is 5.82 Å². The quantitative estimate of drug-likeness (QED) is 0.0815. The molecule has 2 heteroatoms. The minimum absolute atomic E-state index is 0.0104. The number of aromatic nitrogens is 2. The predicted molar refractivity (Wildman–Crippen MR) is 182 cm³/mol. The molecule has 0 aliphatic heterocycles. The van der Waals surface area contributed by atoms with Crippen LogP contribution in [0.15, 0.2) is 73.1 Å². The highest BCUT2D eigenvalue weighted by molar-refractivity contribution is 5.32. The highest BCUT2D eigenvalue weighted by Gasteiger charge is 2.41. The molecule has 0 bridgehead atoms. The maximum absolute atomic E-state index is 3.78. The van der Waals surface area contributed by atoms with Gasteiger partial charge in [0.05, 0.1) is 12.5 Å². The van der Waals surface area contributed by atoms with E-state index < -0.39 is 0 Å².